The summed E-state index contributed by atoms with van der Waals surface area (Å²) in [5.74, 6) is -2.88. The lowest BCUT2D eigenvalue weighted by molar-refractivity contribution is -0.196. The number of benzene rings is 2. The summed E-state index contributed by atoms with van der Waals surface area (Å²) in [4.78, 5) is 37.3. The van der Waals surface area contributed by atoms with Crippen molar-refractivity contribution < 1.29 is 38.4 Å². The Kier molecular flexibility index (Phi) is 9.68. The average Bonchev–Trinajstić information content (AvgIpc) is 3.41. The third-order valence-electron chi connectivity index (χ3n) is 6.61. The van der Waals surface area contributed by atoms with Gasteiger partial charge < -0.3 is 30.2 Å². The predicted molar refractivity (Wildman–Crippen MR) is 150 cm³/mol. The maximum Gasteiger partial charge on any atom is 0.350 e. The molecule has 0 aliphatic carbocycles. The minimum absolute atomic E-state index is 0.0601. The van der Waals surface area contributed by atoms with Crippen molar-refractivity contribution in [3.8, 4) is 11.1 Å². The van der Waals surface area contributed by atoms with Gasteiger partial charge in [-0.05, 0) is 35.2 Å². The molecule has 2 aromatic heterocycles. The number of halogens is 2. The topological polar surface area (TPSA) is 172 Å². The Bertz CT molecular complexity index is 1540. The second-order valence-electron chi connectivity index (χ2n) is 9.24. The van der Waals surface area contributed by atoms with Gasteiger partial charge in [-0.2, -0.15) is 9.97 Å². The van der Waals surface area contributed by atoms with Crippen molar-refractivity contribution in [2.24, 2.45) is 0 Å². The first kappa shape index (κ1) is 30.8. The Morgan fingerprint density at radius 3 is 2.40 bits per heavy atom. The molecule has 4 atom stereocenters. The van der Waals surface area contributed by atoms with Crippen LogP contribution in [0.1, 0.15) is 18.8 Å². The highest BCUT2D eigenvalue weighted by atomic mass is 35.5. The lowest BCUT2D eigenvalue weighted by Crippen LogP contribution is -2.54. The van der Waals surface area contributed by atoms with Crippen LogP contribution in [0.25, 0.3) is 22.3 Å². The molecule has 0 radical (unpaired) electrons. The monoisotopic (exact) mass is 601 g/mol. The van der Waals surface area contributed by atoms with Gasteiger partial charge in [0.25, 0.3) is 5.60 Å². The first-order valence-electron chi connectivity index (χ1n) is 12.8. The molecule has 2 heterocycles. The van der Waals surface area contributed by atoms with E-state index in [9.17, 15) is 19.8 Å². The number of carbonyl (C=O) groups is 2. The quantitative estimate of drug-likeness (QED) is 0.117. The number of carboxylic acids is 1. The van der Waals surface area contributed by atoms with E-state index >= 15 is 4.39 Å². The third kappa shape index (κ3) is 6.34. The number of hydrogen-bond donors (Lipinski definition) is 3. The SMILES string of the molecule is CCOC(=O)C(Cc1ccc(-c2ccccc2)cc1)(OC[C@@H](OC)[C@@H](O)[C@H](F)n1cnc2c(N)nc(Cl)nc21)C(=O)O. The normalized spacial score (nSPS) is 15.1. The Morgan fingerprint density at radius 1 is 1.12 bits per heavy atom. The number of carboxylic acid groups (broad SMARTS) is 1. The summed E-state index contributed by atoms with van der Waals surface area (Å²) in [7, 11) is 1.17. The summed E-state index contributed by atoms with van der Waals surface area (Å²) in [6.45, 7) is 0.705. The van der Waals surface area contributed by atoms with Crippen molar-refractivity contribution in [1.29, 1.82) is 0 Å². The summed E-state index contributed by atoms with van der Waals surface area (Å²) in [6.07, 6.45) is -4.95. The summed E-state index contributed by atoms with van der Waals surface area (Å²) in [5, 5.41) is 20.8. The van der Waals surface area contributed by atoms with E-state index in [1.165, 1.54) is 14.0 Å². The number of alkyl halides is 1. The van der Waals surface area contributed by atoms with Crippen molar-refractivity contribution in [1.82, 2.24) is 19.5 Å². The number of anilines is 1. The van der Waals surface area contributed by atoms with Crippen LogP contribution in [0.3, 0.4) is 0 Å². The van der Waals surface area contributed by atoms with Crippen molar-refractivity contribution in [2.45, 2.75) is 37.4 Å². The van der Waals surface area contributed by atoms with Gasteiger partial charge in [0, 0.05) is 13.5 Å². The predicted octanol–water partition coefficient (Wildman–Crippen LogP) is 3.22. The van der Waals surface area contributed by atoms with E-state index in [2.05, 4.69) is 15.0 Å². The molecule has 12 nitrogen and oxygen atoms in total. The Balaban J connectivity index is 1.58. The van der Waals surface area contributed by atoms with Gasteiger partial charge in [-0.15, -0.1) is 0 Å². The number of nitrogens with zero attached hydrogens (tertiary/aromatic N) is 4. The third-order valence-corrected chi connectivity index (χ3v) is 6.78. The maximum atomic E-state index is 15.6. The molecule has 222 valence electrons. The number of rotatable bonds is 13. The average molecular weight is 602 g/mol. The van der Waals surface area contributed by atoms with Crippen molar-refractivity contribution in [2.75, 3.05) is 26.1 Å². The van der Waals surface area contributed by atoms with Gasteiger partial charge in [0.05, 0.1) is 19.5 Å². The zero-order valence-corrected chi connectivity index (χ0v) is 23.4. The van der Waals surface area contributed by atoms with Crippen molar-refractivity contribution in [3.05, 3.63) is 71.8 Å². The lowest BCUT2D eigenvalue weighted by Gasteiger charge is -2.31. The number of aliphatic hydroxyl groups excluding tert-OH is 1. The zero-order valence-electron chi connectivity index (χ0n) is 22.7. The molecule has 0 saturated heterocycles. The molecule has 0 amide bonds. The first-order valence-corrected chi connectivity index (χ1v) is 13.2. The van der Waals surface area contributed by atoms with Gasteiger partial charge in [-0.1, -0.05) is 54.6 Å². The number of nitrogen functional groups attached to an aromatic ring is 1. The number of hydrogen-bond acceptors (Lipinski definition) is 10. The molecule has 42 heavy (non-hydrogen) atoms. The number of aliphatic hydroxyl groups is 1. The highest BCUT2D eigenvalue weighted by Gasteiger charge is 2.50. The number of methoxy groups -OCH3 is 1. The van der Waals surface area contributed by atoms with Crippen LogP contribution >= 0.6 is 11.6 Å². The number of nitrogens with two attached hydrogens (primary N) is 1. The number of ether oxygens (including phenoxy) is 3. The molecular formula is C28H29ClFN5O7. The van der Waals surface area contributed by atoms with Crippen LogP contribution < -0.4 is 5.73 Å². The Hall–Kier alpha value is -4.17. The van der Waals surface area contributed by atoms with Crippen LogP contribution in [0.5, 0.6) is 0 Å². The van der Waals surface area contributed by atoms with Gasteiger partial charge in [-0.3, -0.25) is 4.57 Å². The largest absolute Gasteiger partial charge is 0.479 e. The molecule has 14 heteroatoms. The molecule has 4 aromatic rings. The smallest absolute Gasteiger partial charge is 0.350 e. The fourth-order valence-corrected chi connectivity index (χ4v) is 4.52. The lowest BCUT2D eigenvalue weighted by atomic mass is 9.92. The van der Waals surface area contributed by atoms with Gasteiger partial charge >= 0.3 is 11.9 Å². The van der Waals surface area contributed by atoms with Crippen molar-refractivity contribution in [3.63, 3.8) is 0 Å². The number of esters is 1. The number of fused-ring (bicyclic) bond motifs is 1. The molecular weight excluding hydrogens is 573 g/mol. The van der Waals surface area contributed by atoms with E-state index in [1.54, 1.807) is 24.3 Å². The fourth-order valence-electron chi connectivity index (χ4n) is 4.35. The second kappa shape index (κ2) is 13.2. The van der Waals surface area contributed by atoms with E-state index in [0.717, 1.165) is 22.0 Å². The molecule has 0 saturated carbocycles. The van der Waals surface area contributed by atoms with Crippen molar-refractivity contribution >= 4 is 40.5 Å². The summed E-state index contributed by atoms with van der Waals surface area (Å²) in [5.41, 5.74) is 5.52. The molecule has 0 spiro atoms. The zero-order chi connectivity index (χ0) is 30.4. The summed E-state index contributed by atoms with van der Waals surface area (Å²) < 4.78 is 32.4. The first-order chi connectivity index (χ1) is 20.1. The standard InChI is InChI=1S/C28H29ClFN5O7/c1-3-41-26(39)28(25(37)38,13-16-9-11-18(12-10-16)17-7-5-4-6-8-17)42-14-19(40-2)21(36)22(30)35-15-32-20-23(31)33-27(29)34-24(20)35/h4-12,15,19,21-22,36H,3,13-14H2,1-2H3,(H,37,38)(H2,31,33,34)/t19-,21-,22-,28?/m1/s1. The van der Waals surface area contributed by atoms with E-state index in [4.69, 9.17) is 31.5 Å². The van der Waals surface area contributed by atoms with Crippen LogP contribution in [-0.4, -0.2) is 79.8 Å². The molecule has 0 aliphatic heterocycles. The minimum atomic E-state index is -2.52. The molecule has 4 N–H and O–H groups in total. The van der Waals surface area contributed by atoms with Crippen LogP contribution in [0, 0.1) is 0 Å². The highest BCUT2D eigenvalue weighted by molar-refractivity contribution is 6.28. The van der Waals surface area contributed by atoms with Crippen LogP contribution in [0.2, 0.25) is 5.28 Å². The number of aromatic nitrogens is 4. The second-order valence-corrected chi connectivity index (χ2v) is 9.58. The molecule has 0 aliphatic rings. The maximum absolute atomic E-state index is 15.6. The molecule has 0 bridgehead atoms. The Morgan fingerprint density at radius 2 is 1.79 bits per heavy atom. The van der Waals surface area contributed by atoms with E-state index < -0.39 is 49.1 Å². The molecule has 1 unspecified atom stereocenters. The molecule has 4 rings (SSSR count). The summed E-state index contributed by atoms with van der Waals surface area (Å²) in [6, 6.07) is 16.4. The molecule has 2 aromatic carbocycles. The van der Waals surface area contributed by atoms with E-state index in [1.807, 2.05) is 30.3 Å². The highest BCUT2D eigenvalue weighted by Crippen LogP contribution is 2.28. The van der Waals surface area contributed by atoms with E-state index in [0.29, 0.717) is 5.56 Å². The van der Waals surface area contributed by atoms with Gasteiger partial charge in [0.15, 0.2) is 11.5 Å². The minimum Gasteiger partial charge on any atom is -0.479 e. The molecule has 0 fully saturated rings. The fraction of sp³-hybridized carbons (Fsp3) is 0.321. The Labute approximate surface area is 244 Å². The number of carbonyl (C=O) groups excluding carboxylic acids is 1. The van der Waals surface area contributed by atoms with Gasteiger partial charge in [-0.25, -0.2) is 19.0 Å². The number of imidazole rings is 1. The van der Waals surface area contributed by atoms with Crippen LogP contribution in [0.15, 0.2) is 60.9 Å². The summed E-state index contributed by atoms with van der Waals surface area (Å²) >= 11 is 5.85. The number of aliphatic carboxylic acids is 1. The van der Waals surface area contributed by atoms with E-state index in [-0.39, 0.29) is 28.9 Å². The van der Waals surface area contributed by atoms with Crippen LogP contribution in [0.4, 0.5) is 10.2 Å². The van der Waals surface area contributed by atoms with Gasteiger partial charge in [0.2, 0.25) is 11.6 Å². The van der Waals surface area contributed by atoms with Gasteiger partial charge in [0.1, 0.15) is 17.7 Å². The van der Waals surface area contributed by atoms with Crippen LogP contribution in [-0.2, 0) is 30.2 Å².